The van der Waals surface area contributed by atoms with Gasteiger partial charge in [-0.2, -0.15) is 0 Å². The summed E-state index contributed by atoms with van der Waals surface area (Å²) in [6, 6.07) is 10.5. The van der Waals surface area contributed by atoms with Gasteiger partial charge in [-0.25, -0.2) is 0 Å². The number of fused-ring (bicyclic) bond motifs is 3. The molecule has 6 rings (SSSR count). The van der Waals surface area contributed by atoms with Crippen LogP contribution in [0.4, 0.5) is 0 Å². The third-order valence-electron chi connectivity index (χ3n) is 8.21. The van der Waals surface area contributed by atoms with E-state index >= 15 is 0 Å². The van der Waals surface area contributed by atoms with Gasteiger partial charge in [0.15, 0.2) is 0 Å². The zero-order valence-corrected chi connectivity index (χ0v) is 18.4. The lowest BCUT2D eigenvalue weighted by Crippen LogP contribution is -2.34. The van der Waals surface area contributed by atoms with Crippen LogP contribution in [0.5, 0.6) is 0 Å². The Balaban J connectivity index is 1.50. The minimum Gasteiger partial charge on any atom is -0.366 e. The molecule has 1 aliphatic heterocycles. The molecule has 0 radical (unpaired) electrons. The Kier molecular flexibility index (Phi) is 4.23. The Labute approximate surface area is 188 Å². The summed E-state index contributed by atoms with van der Waals surface area (Å²) in [6.07, 6.45) is 9.32. The van der Waals surface area contributed by atoms with Gasteiger partial charge in [0.25, 0.3) is 0 Å². The van der Waals surface area contributed by atoms with E-state index in [1.807, 2.05) is 11.0 Å². The highest BCUT2D eigenvalue weighted by Gasteiger charge is 2.47. The second kappa shape index (κ2) is 6.93. The van der Waals surface area contributed by atoms with Crippen molar-refractivity contribution in [2.75, 3.05) is 6.54 Å². The average Bonchev–Trinajstić information content (AvgIpc) is 3.45. The largest absolute Gasteiger partial charge is 0.366 e. The molecule has 4 aliphatic rings. The van der Waals surface area contributed by atoms with E-state index in [0.29, 0.717) is 24.1 Å². The third kappa shape index (κ3) is 2.89. The van der Waals surface area contributed by atoms with E-state index in [0.717, 1.165) is 31.2 Å². The summed E-state index contributed by atoms with van der Waals surface area (Å²) in [5.74, 6) is -0.345. The summed E-state index contributed by atoms with van der Waals surface area (Å²) < 4.78 is 0. The van der Waals surface area contributed by atoms with Gasteiger partial charge in [0.2, 0.25) is 11.8 Å². The monoisotopic (exact) mass is 424 g/mol. The molecule has 1 spiro atoms. The summed E-state index contributed by atoms with van der Waals surface area (Å²) in [6.45, 7) is 4.96. The number of amides is 2. The first-order valence-corrected chi connectivity index (χ1v) is 11.7. The summed E-state index contributed by atoms with van der Waals surface area (Å²) in [5.41, 5.74) is 17.4. The molecule has 2 aromatic rings. The van der Waals surface area contributed by atoms with Crippen LogP contribution in [0.3, 0.4) is 0 Å². The molecule has 0 atom stereocenters. The van der Waals surface area contributed by atoms with Gasteiger partial charge < -0.3 is 10.6 Å². The molecule has 0 unspecified atom stereocenters. The second-order valence-electron chi connectivity index (χ2n) is 9.97. The van der Waals surface area contributed by atoms with Crippen molar-refractivity contribution >= 4 is 17.4 Å². The number of nitrogens with two attached hydrogens (primary N) is 1. The number of primary amides is 1. The molecule has 2 aromatic carbocycles. The van der Waals surface area contributed by atoms with Crippen LogP contribution in [0.1, 0.15) is 64.7 Å². The lowest BCUT2D eigenvalue weighted by molar-refractivity contribution is -0.126. The van der Waals surface area contributed by atoms with Crippen molar-refractivity contribution in [1.82, 2.24) is 4.90 Å². The van der Waals surface area contributed by atoms with Crippen molar-refractivity contribution in [1.29, 1.82) is 0 Å². The van der Waals surface area contributed by atoms with E-state index in [9.17, 15) is 9.59 Å². The van der Waals surface area contributed by atoms with Gasteiger partial charge in [-0.15, -0.1) is 0 Å². The molecular weight excluding hydrogens is 396 g/mol. The van der Waals surface area contributed by atoms with Gasteiger partial charge in [0.1, 0.15) is 0 Å². The Morgan fingerprint density at radius 2 is 1.88 bits per heavy atom. The number of carbonyl (C=O) groups excluding carboxylic acids is 2. The molecule has 4 nitrogen and oxygen atoms in total. The molecule has 4 heteroatoms. The predicted molar refractivity (Wildman–Crippen MR) is 126 cm³/mol. The van der Waals surface area contributed by atoms with Gasteiger partial charge >= 0.3 is 0 Å². The first kappa shape index (κ1) is 19.5. The molecule has 0 bridgehead atoms. The van der Waals surface area contributed by atoms with Crippen molar-refractivity contribution in [3.8, 4) is 11.1 Å². The van der Waals surface area contributed by atoms with E-state index in [1.54, 1.807) is 0 Å². The maximum Gasteiger partial charge on any atom is 0.249 e. The summed E-state index contributed by atoms with van der Waals surface area (Å²) in [5, 5.41) is 0. The number of allylic oxidation sites excluding steroid dienone is 2. The van der Waals surface area contributed by atoms with Crippen LogP contribution in [-0.4, -0.2) is 23.3 Å². The van der Waals surface area contributed by atoms with E-state index in [4.69, 9.17) is 5.73 Å². The van der Waals surface area contributed by atoms with Crippen molar-refractivity contribution in [2.45, 2.75) is 51.5 Å². The molecule has 1 fully saturated rings. The molecule has 3 aliphatic carbocycles. The SMILES string of the molecule is C=CC(=O)N1CCc2c(cccc2-c2ccc(C(N)=O)c3c2C2=C(CCC4(CC4)C2)C3)C1. The fraction of sp³-hybridized carbons (Fsp3) is 0.357. The summed E-state index contributed by atoms with van der Waals surface area (Å²) >= 11 is 0. The van der Waals surface area contributed by atoms with Gasteiger partial charge in [-0.05, 0) is 101 Å². The van der Waals surface area contributed by atoms with E-state index in [2.05, 4.69) is 30.8 Å². The normalized spacial score (nSPS) is 19.9. The molecule has 1 heterocycles. The highest BCUT2D eigenvalue weighted by molar-refractivity contribution is 6.00. The molecule has 0 aromatic heterocycles. The van der Waals surface area contributed by atoms with Crippen molar-refractivity contribution in [2.24, 2.45) is 11.1 Å². The Hall–Kier alpha value is -3.14. The standard InChI is InChI=1S/C28H28N2O2/c1-2-25(31)30-13-9-19-18(16-30)4-3-5-20(19)21-6-7-22(27(29)32)23-14-17-8-10-28(11-12-28)15-24(17)26(21)23/h2-7H,1,8-16H2,(H2,29,32). The van der Waals surface area contributed by atoms with Crippen LogP contribution in [0.2, 0.25) is 0 Å². The zero-order chi connectivity index (χ0) is 22.0. The number of rotatable bonds is 3. The molecular formula is C28H28N2O2. The van der Waals surface area contributed by atoms with Crippen molar-refractivity contribution in [3.05, 3.63) is 76.4 Å². The van der Waals surface area contributed by atoms with Gasteiger partial charge in [0.05, 0.1) is 0 Å². The van der Waals surface area contributed by atoms with Crippen LogP contribution < -0.4 is 5.73 Å². The maximum absolute atomic E-state index is 12.3. The maximum atomic E-state index is 12.3. The first-order chi connectivity index (χ1) is 15.5. The highest BCUT2D eigenvalue weighted by atomic mass is 16.2. The lowest BCUT2D eigenvalue weighted by atomic mass is 9.79. The van der Waals surface area contributed by atoms with E-state index < -0.39 is 0 Å². The topological polar surface area (TPSA) is 63.4 Å². The molecule has 2 N–H and O–H groups in total. The highest BCUT2D eigenvalue weighted by Crippen LogP contribution is 2.62. The minimum atomic E-state index is -0.331. The fourth-order valence-electron chi connectivity index (χ4n) is 6.24. The van der Waals surface area contributed by atoms with Crippen LogP contribution >= 0.6 is 0 Å². The van der Waals surface area contributed by atoms with Crippen LogP contribution in [-0.2, 0) is 24.2 Å². The summed E-state index contributed by atoms with van der Waals surface area (Å²) in [7, 11) is 0. The van der Waals surface area contributed by atoms with Gasteiger partial charge in [-0.3, -0.25) is 9.59 Å². The minimum absolute atomic E-state index is 0.0144. The van der Waals surface area contributed by atoms with Crippen LogP contribution in [0.15, 0.2) is 48.6 Å². The number of nitrogens with zero attached hydrogens (tertiary/aromatic N) is 1. The Bertz CT molecular complexity index is 1230. The number of hydrogen-bond acceptors (Lipinski definition) is 2. The lowest BCUT2D eigenvalue weighted by Gasteiger charge is -2.30. The number of carbonyl (C=O) groups is 2. The molecule has 162 valence electrons. The van der Waals surface area contributed by atoms with E-state index in [-0.39, 0.29) is 11.8 Å². The molecule has 0 saturated heterocycles. The van der Waals surface area contributed by atoms with Crippen molar-refractivity contribution in [3.63, 3.8) is 0 Å². The van der Waals surface area contributed by atoms with E-state index in [1.165, 1.54) is 64.3 Å². The Morgan fingerprint density at radius 1 is 1.03 bits per heavy atom. The smallest absolute Gasteiger partial charge is 0.249 e. The second-order valence-corrected chi connectivity index (χ2v) is 9.97. The zero-order valence-electron chi connectivity index (χ0n) is 18.4. The number of benzene rings is 2. The first-order valence-electron chi connectivity index (χ1n) is 11.7. The fourth-order valence-corrected chi connectivity index (χ4v) is 6.24. The van der Waals surface area contributed by atoms with Crippen molar-refractivity contribution < 1.29 is 9.59 Å². The van der Waals surface area contributed by atoms with Crippen LogP contribution in [0, 0.1) is 5.41 Å². The molecule has 1 saturated carbocycles. The number of hydrogen-bond donors (Lipinski definition) is 1. The third-order valence-corrected chi connectivity index (χ3v) is 8.21. The predicted octanol–water partition coefficient (Wildman–Crippen LogP) is 4.80. The molecule has 2 amide bonds. The average molecular weight is 425 g/mol. The van der Waals surface area contributed by atoms with Gasteiger partial charge in [-0.1, -0.05) is 36.4 Å². The summed E-state index contributed by atoms with van der Waals surface area (Å²) in [4.78, 5) is 26.3. The molecule has 32 heavy (non-hydrogen) atoms. The Morgan fingerprint density at radius 3 is 2.62 bits per heavy atom. The quantitative estimate of drug-likeness (QED) is 0.720. The van der Waals surface area contributed by atoms with Gasteiger partial charge in [0, 0.05) is 18.7 Å². The van der Waals surface area contributed by atoms with Crippen LogP contribution in [0.25, 0.3) is 16.7 Å².